The Morgan fingerprint density at radius 1 is 0.964 bits per heavy atom. The number of halogens is 2. The van der Waals surface area contributed by atoms with Gasteiger partial charge in [0.2, 0.25) is 0 Å². The van der Waals surface area contributed by atoms with E-state index in [1.165, 1.54) is 5.57 Å². The molecule has 0 saturated carbocycles. The third kappa shape index (κ3) is 14.8. The van der Waals surface area contributed by atoms with E-state index in [4.69, 9.17) is 4.74 Å². The number of rotatable bonds is 1. The maximum Gasteiger partial charge on any atom is 0.122 e. The maximum absolute atomic E-state index is 9.41. The van der Waals surface area contributed by atoms with Crippen LogP contribution in [-0.4, -0.2) is 21.7 Å². The van der Waals surface area contributed by atoms with Crippen molar-refractivity contribution >= 4 is 34.3 Å². The first-order valence-electron chi connectivity index (χ1n) is 8.70. The molecular weight excluding hydrogens is 443 g/mol. The summed E-state index contributed by atoms with van der Waals surface area (Å²) in [6.07, 6.45) is 8.63. The van der Waals surface area contributed by atoms with Gasteiger partial charge < -0.3 is 9.84 Å². The average molecular weight is 480 g/mol. The summed E-state index contributed by atoms with van der Waals surface area (Å²) in [7, 11) is 2.68. The molecule has 1 aromatic carbocycles. The Balaban J connectivity index is -0.000000170. The van der Waals surface area contributed by atoms with Crippen LogP contribution >= 0.6 is 24.8 Å². The quantitative estimate of drug-likeness (QED) is 0.345. The van der Waals surface area contributed by atoms with E-state index in [2.05, 4.69) is 72.9 Å². The number of allylic oxidation sites excluding steroid dienone is 4. The van der Waals surface area contributed by atoms with Gasteiger partial charge in [0.1, 0.15) is 11.5 Å². The fourth-order valence-electron chi connectivity index (χ4n) is 2.05. The van der Waals surface area contributed by atoms with Crippen molar-refractivity contribution in [2.45, 2.75) is 66.5 Å². The summed E-state index contributed by atoms with van der Waals surface area (Å²) in [5.41, 5.74) is 2.76. The molecule has 1 N–H and O–H groups in total. The number of methoxy groups -OCH3 is 1. The number of hydrogen-bond donors (Lipinski definition) is 1. The normalized spacial score (nSPS) is 11.8. The van der Waals surface area contributed by atoms with Crippen molar-refractivity contribution in [1.29, 1.82) is 0 Å². The maximum atomic E-state index is 9.41. The predicted octanol–water partition coefficient (Wildman–Crippen LogP) is 7.05. The van der Waals surface area contributed by atoms with Crippen LogP contribution in [0.1, 0.15) is 53.5 Å². The van der Waals surface area contributed by atoms with E-state index >= 15 is 0 Å². The van der Waals surface area contributed by atoms with Gasteiger partial charge in [0, 0.05) is 37.3 Å². The van der Waals surface area contributed by atoms with Crippen molar-refractivity contribution in [2.75, 3.05) is 7.11 Å². The fourth-order valence-corrected chi connectivity index (χ4v) is 2.05. The number of hydrogen-bond acceptors (Lipinski definition) is 2. The molecule has 2 nitrogen and oxygen atoms in total. The van der Waals surface area contributed by atoms with Crippen LogP contribution in [0.2, 0.25) is 13.1 Å². The van der Waals surface area contributed by atoms with Gasteiger partial charge in [-0.1, -0.05) is 54.6 Å². The molecule has 1 aromatic rings. The Bertz CT molecular complexity index is 589. The van der Waals surface area contributed by atoms with Crippen LogP contribution in [0.4, 0.5) is 0 Å². The minimum absolute atomic E-state index is 0. The standard InChI is InChI=1S/C11H16O2.C9H13.C2H6Si.2ClH.Ti/c1-11(2,3)8-5-9(12)7-10(6-8)13-4;1-9(2,3)8-6-4-5-7-8;1-3-2;;;/h5-7,12H,1-4H3;4,6H,5H2,1-3H3;1-2H3;2*1H;/q;-1;;;;. The summed E-state index contributed by atoms with van der Waals surface area (Å²) in [6.45, 7) is 17.2. The molecule has 0 saturated heterocycles. The van der Waals surface area contributed by atoms with Crippen molar-refractivity contribution in [3.63, 3.8) is 0 Å². The third-order valence-electron chi connectivity index (χ3n) is 3.50. The molecule has 2 rings (SSSR count). The van der Waals surface area contributed by atoms with E-state index in [0.29, 0.717) is 11.2 Å². The number of phenols is 1. The zero-order valence-electron chi connectivity index (χ0n) is 18.8. The molecule has 0 bridgehead atoms. The van der Waals surface area contributed by atoms with Gasteiger partial charge in [-0.25, -0.2) is 11.6 Å². The van der Waals surface area contributed by atoms with E-state index < -0.39 is 0 Å². The summed E-state index contributed by atoms with van der Waals surface area (Å²) in [5, 5.41) is 9.41. The SMILES string of the molecule is CC(C)(C)C1=[C-]CC=C1.COc1cc(O)cc(C(C)(C)C)c1.C[Si]C.Cl.Cl.[Ti]. The third-order valence-corrected chi connectivity index (χ3v) is 3.50. The molecule has 0 spiro atoms. The molecule has 0 amide bonds. The minimum Gasteiger partial charge on any atom is -0.508 e. The Labute approximate surface area is 203 Å². The van der Waals surface area contributed by atoms with Gasteiger partial charge in [0.05, 0.1) is 7.11 Å². The zero-order valence-corrected chi connectivity index (χ0v) is 23.0. The van der Waals surface area contributed by atoms with Crippen LogP contribution in [0, 0.1) is 11.5 Å². The van der Waals surface area contributed by atoms with E-state index in [-0.39, 0.29) is 57.7 Å². The monoisotopic (exact) mass is 479 g/mol. The van der Waals surface area contributed by atoms with Gasteiger partial charge in [0.15, 0.2) is 0 Å². The second kappa shape index (κ2) is 16.6. The summed E-state index contributed by atoms with van der Waals surface area (Å²) in [5.74, 6) is 0.953. The summed E-state index contributed by atoms with van der Waals surface area (Å²) in [4.78, 5) is 0. The van der Waals surface area contributed by atoms with Crippen LogP contribution < -0.4 is 4.74 Å². The van der Waals surface area contributed by atoms with Gasteiger partial charge in [0.25, 0.3) is 0 Å². The van der Waals surface area contributed by atoms with Gasteiger partial charge in [-0.05, 0) is 28.5 Å². The first kappa shape index (κ1) is 35.3. The molecule has 0 atom stereocenters. The van der Waals surface area contributed by atoms with Crippen molar-refractivity contribution in [3.05, 3.63) is 47.6 Å². The van der Waals surface area contributed by atoms with Crippen LogP contribution in [0.5, 0.6) is 11.5 Å². The molecule has 0 aromatic heterocycles. The second-order valence-corrected chi connectivity index (χ2v) is 9.12. The topological polar surface area (TPSA) is 29.5 Å². The Hall–Kier alpha value is -0.189. The largest absolute Gasteiger partial charge is 0.508 e. The number of ether oxygens (including phenoxy) is 1. The van der Waals surface area contributed by atoms with Crippen molar-refractivity contribution < 1.29 is 31.6 Å². The number of benzene rings is 1. The van der Waals surface area contributed by atoms with Crippen LogP contribution in [0.25, 0.3) is 0 Å². The molecule has 0 aliphatic heterocycles. The smallest absolute Gasteiger partial charge is 0.122 e. The first-order chi connectivity index (χ1) is 11.5. The molecule has 160 valence electrons. The summed E-state index contributed by atoms with van der Waals surface area (Å²) < 4.78 is 5.07. The van der Waals surface area contributed by atoms with Crippen LogP contribution in [-0.2, 0) is 27.1 Å². The van der Waals surface area contributed by atoms with E-state index in [9.17, 15) is 5.11 Å². The predicted molar refractivity (Wildman–Crippen MR) is 125 cm³/mol. The number of aromatic hydroxyl groups is 1. The Kier molecular flexibility index (Phi) is 20.9. The number of phenolic OH excluding ortho intramolecular Hbond substituents is 1. The van der Waals surface area contributed by atoms with Crippen molar-refractivity contribution in [2.24, 2.45) is 5.41 Å². The van der Waals surface area contributed by atoms with Gasteiger partial charge >= 0.3 is 0 Å². The molecular formula is C22H37Cl2O2SiTi-. The first-order valence-corrected chi connectivity index (χ1v) is 10.7. The van der Waals surface area contributed by atoms with Gasteiger partial charge in [-0.2, -0.15) is 6.08 Å². The summed E-state index contributed by atoms with van der Waals surface area (Å²) >= 11 is 0. The second-order valence-electron chi connectivity index (χ2n) is 8.12. The molecule has 0 heterocycles. The average Bonchev–Trinajstić information content (AvgIpc) is 3.01. The van der Waals surface area contributed by atoms with E-state index in [0.717, 1.165) is 21.5 Å². The van der Waals surface area contributed by atoms with Gasteiger partial charge in [-0.3, -0.25) is 6.08 Å². The molecule has 0 fully saturated rings. The van der Waals surface area contributed by atoms with E-state index in [1.807, 2.05) is 6.07 Å². The molecule has 28 heavy (non-hydrogen) atoms. The van der Waals surface area contributed by atoms with Crippen LogP contribution in [0.15, 0.2) is 35.9 Å². The summed E-state index contributed by atoms with van der Waals surface area (Å²) in [6, 6.07) is 5.32. The van der Waals surface area contributed by atoms with Crippen molar-refractivity contribution in [3.8, 4) is 11.5 Å². The molecule has 6 heteroatoms. The Morgan fingerprint density at radius 3 is 1.75 bits per heavy atom. The molecule has 0 unspecified atom stereocenters. The van der Waals surface area contributed by atoms with Gasteiger partial charge in [-0.15, -0.1) is 31.2 Å². The fraction of sp³-hybridized carbons (Fsp3) is 0.545. The van der Waals surface area contributed by atoms with Crippen LogP contribution in [0.3, 0.4) is 0 Å². The zero-order chi connectivity index (χ0) is 19.7. The van der Waals surface area contributed by atoms with E-state index in [1.54, 1.807) is 19.2 Å². The van der Waals surface area contributed by atoms with Crippen molar-refractivity contribution in [1.82, 2.24) is 0 Å². The molecule has 1 aliphatic rings. The Morgan fingerprint density at radius 2 is 1.46 bits per heavy atom. The molecule has 2 radical (unpaired) electrons. The molecule has 1 aliphatic carbocycles. The minimum atomic E-state index is 0.